The third kappa shape index (κ3) is 6.90. The summed E-state index contributed by atoms with van der Waals surface area (Å²) in [6, 6.07) is 0. The van der Waals surface area contributed by atoms with Gasteiger partial charge in [0.25, 0.3) is 0 Å². The highest BCUT2D eigenvalue weighted by Crippen LogP contribution is 2.78. The van der Waals surface area contributed by atoms with E-state index in [1.807, 2.05) is 27.7 Å². The minimum absolute atomic E-state index is 0.0242. The molecule has 0 aromatic rings. The minimum atomic E-state index is -0.862. The number of nitrogens with zero attached hydrogens (tertiary/aromatic N) is 1. The van der Waals surface area contributed by atoms with E-state index in [-0.39, 0.29) is 35.7 Å². The Kier molecular flexibility index (Phi) is 11.8. The molecule has 0 amide bonds. The fourth-order valence-electron chi connectivity index (χ4n) is 14.2. The monoisotopic (exact) mass is 714 g/mol. The van der Waals surface area contributed by atoms with Gasteiger partial charge in [-0.25, -0.2) is 0 Å². The number of hydrogen-bond acceptors (Lipinski definition) is 5. The van der Waals surface area contributed by atoms with Gasteiger partial charge < -0.3 is 14.7 Å². The highest BCUT2D eigenvalue weighted by atomic mass is 32.2. The Labute approximate surface area is 311 Å². The van der Waals surface area contributed by atoms with Gasteiger partial charge in [0.15, 0.2) is 0 Å². The van der Waals surface area contributed by atoms with Gasteiger partial charge in [0.05, 0.1) is 12.8 Å². The number of carboxylic acids is 1. The molecule has 6 rings (SSSR count). The van der Waals surface area contributed by atoms with Crippen LogP contribution in [0.3, 0.4) is 0 Å². The molecule has 0 spiro atoms. The van der Waals surface area contributed by atoms with Gasteiger partial charge in [0.1, 0.15) is 6.10 Å². The molecule has 0 aromatic carbocycles. The number of carbonyl (C=O) groups excluding carboxylic acids is 1. The van der Waals surface area contributed by atoms with E-state index in [4.69, 9.17) is 4.74 Å². The van der Waals surface area contributed by atoms with E-state index in [2.05, 4.69) is 64.8 Å². The molecule has 5 aliphatic carbocycles. The Hall–Kier alpha value is -1.01. The van der Waals surface area contributed by atoms with Crippen molar-refractivity contribution in [2.24, 2.45) is 62.1 Å². The first-order valence-electron chi connectivity index (χ1n) is 20.8. The van der Waals surface area contributed by atoms with E-state index in [1.165, 1.54) is 94.5 Å². The number of aliphatic carboxylic acids is 1. The molecule has 286 valence electrons. The Bertz CT molecular complexity index is 1260. The molecule has 6 aliphatic rings. The predicted octanol–water partition coefficient (Wildman–Crippen LogP) is 10.9. The summed E-state index contributed by atoms with van der Waals surface area (Å²) in [5, 5.41) is 9.34. The van der Waals surface area contributed by atoms with Crippen molar-refractivity contribution >= 4 is 23.7 Å². The van der Waals surface area contributed by atoms with Crippen LogP contribution in [-0.2, 0) is 14.3 Å². The lowest BCUT2D eigenvalue weighted by Crippen LogP contribution is -2.66. The zero-order chi connectivity index (χ0) is 36.9. The van der Waals surface area contributed by atoms with E-state index in [0.29, 0.717) is 34.0 Å². The van der Waals surface area contributed by atoms with E-state index in [0.717, 1.165) is 24.7 Å². The minimum Gasteiger partial charge on any atom is -0.481 e. The number of carbonyl (C=O) groups is 2. The molecular formula is C44H75NO4S. The molecule has 6 heteroatoms. The molecular weight excluding hydrogens is 639 g/mol. The number of rotatable bonds is 9. The summed E-state index contributed by atoms with van der Waals surface area (Å²) in [6.45, 7) is 31.4. The second-order valence-corrected chi connectivity index (χ2v) is 21.2. The molecule has 1 heterocycles. The summed E-state index contributed by atoms with van der Waals surface area (Å²) in [5.74, 6) is 4.97. The van der Waals surface area contributed by atoms with Gasteiger partial charge in [-0.05, 0) is 141 Å². The van der Waals surface area contributed by atoms with Gasteiger partial charge >= 0.3 is 11.9 Å². The summed E-state index contributed by atoms with van der Waals surface area (Å²) in [4.78, 5) is 27.4. The van der Waals surface area contributed by atoms with Gasteiger partial charge in [-0.1, -0.05) is 74.5 Å². The van der Waals surface area contributed by atoms with Crippen LogP contribution in [0.15, 0.2) is 12.2 Å². The van der Waals surface area contributed by atoms with Crippen molar-refractivity contribution in [3.05, 3.63) is 12.2 Å². The van der Waals surface area contributed by atoms with Crippen LogP contribution in [-0.4, -0.2) is 59.2 Å². The lowest BCUT2D eigenvalue weighted by Gasteiger charge is -2.73. The average molecular weight is 714 g/mol. The first-order valence-corrected chi connectivity index (χ1v) is 21.9. The maximum Gasteiger partial charge on any atom is 0.306 e. The molecule has 4 unspecified atom stereocenters. The lowest BCUT2D eigenvalue weighted by molar-refractivity contribution is -0.250. The fraction of sp³-hybridized carbons (Fsp3) is 0.909. The second kappa shape index (κ2) is 14.7. The van der Waals surface area contributed by atoms with Gasteiger partial charge in [0.2, 0.25) is 0 Å². The third-order valence-electron chi connectivity index (χ3n) is 16.7. The predicted molar refractivity (Wildman–Crippen MR) is 209 cm³/mol. The molecule has 5 saturated carbocycles. The number of hydrogen-bond donors (Lipinski definition) is 1. The highest BCUT2D eigenvalue weighted by molar-refractivity contribution is 7.99. The third-order valence-corrected chi connectivity index (χ3v) is 17.7. The van der Waals surface area contributed by atoms with Crippen molar-refractivity contribution in [2.45, 2.75) is 159 Å². The van der Waals surface area contributed by atoms with Crippen LogP contribution in [0.5, 0.6) is 0 Å². The molecule has 5 nitrogen and oxygen atoms in total. The van der Waals surface area contributed by atoms with E-state index >= 15 is 0 Å². The smallest absolute Gasteiger partial charge is 0.306 e. The fourth-order valence-corrected chi connectivity index (χ4v) is 15.1. The number of esters is 1. The molecule has 10 atom stereocenters. The van der Waals surface area contributed by atoms with Crippen LogP contribution in [0.4, 0.5) is 0 Å². The first-order chi connectivity index (χ1) is 23.4. The van der Waals surface area contributed by atoms with Crippen LogP contribution >= 0.6 is 11.8 Å². The van der Waals surface area contributed by atoms with Crippen molar-refractivity contribution < 1.29 is 19.4 Å². The molecule has 0 radical (unpaired) electrons. The topological polar surface area (TPSA) is 66.8 Å². The number of ether oxygens (including phenoxy) is 1. The maximum absolute atomic E-state index is 13.2. The summed E-state index contributed by atoms with van der Waals surface area (Å²) in [7, 11) is 0. The van der Waals surface area contributed by atoms with Crippen LogP contribution in [0, 0.1) is 62.1 Å². The second-order valence-electron chi connectivity index (χ2n) is 20.0. The largest absolute Gasteiger partial charge is 0.481 e. The van der Waals surface area contributed by atoms with Crippen LogP contribution in [0.25, 0.3) is 0 Å². The number of thioether (sulfide) groups is 1. The molecule has 6 fully saturated rings. The van der Waals surface area contributed by atoms with E-state index in [1.54, 1.807) is 0 Å². The Morgan fingerprint density at radius 3 is 2.18 bits per heavy atom. The van der Waals surface area contributed by atoms with Crippen molar-refractivity contribution in [2.75, 3.05) is 31.1 Å². The van der Waals surface area contributed by atoms with Gasteiger partial charge in [-0.3, -0.25) is 9.59 Å². The van der Waals surface area contributed by atoms with Crippen molar-refractivity contribution in [3.63, 3.8) is 0 Å². The van der Waals surface area contributed by atoms with Crippen molar-refractivity contribution in [1.29, 1.82) is 0 Å². The summed E-state index contributed by atoms with van der Waals surface area (Å²) in [5.41, 5.74) is 2.13. The van der Waals surface area contributed by atoms with Crippen LogP contribution in [0.2, 0.25) is 0 Å². The van der Waals surface area contributed by atoms with Crippen molar-refractivity contribution in [1.82, 2.24) is 4.90 Å². The summed E-state index contributed by atoms with van der Waals surface area (Å²) >= 11 is 2.13. The summed E-state index contributed by atoms with van der Waals surface area (Å²) in [6.07, 6.45) is 14.2. The zero-order valence-corrected chi connectivity index (χ0v) is 34.7. The maximum atomic E-state index is 13.2. The summed E-state index contributed by atoms with van der Waals surface area (Å²) < 4.78 is 6.30. The molecule has 1 N–H and O–H groups in total. The molecule has 1 aliphatic heterocycles. The van der Waals surface area contributed by atoms with E-state index in [9.17, 15) is 14.7 Å². The lowest BCUT2D eigenvalue weighted by atomic mass is 9.32. The number of carboxylic acid groups (broad SMARTS) is 1. The molecule has 0 bridgehead atoms. The quantitative estimate of drug-likeness (QED) is 0.190. The van der Waals surface area contributed by atoms with Crippen LogP contribution < -0.4 is 0 Å². The Balaban J connectivity index is 0.00000239. The standard InChI is InChI=1S/C42H69NO4S.C2H6/c1-28(2)29-12-17-42(20-21-43-22-24-48-25-23-43)19-18-40(8)30(36(29)42)10-11-32-39(7)15-14-33(38(5,6)31(39)13-16-41(32,40)9)47-35(46)27-37(3,4)26-34(44)45;1-2/h29-33,36H,1,10-27H2,2-9H3,(H,44,45);1-2H3/t29-,30+,31?,32?,33?,36?,39-,40+,41+,42+;/m0./s1. The van der Waals surface area contributed by atoms with Gasteiger partial charge in [0, 0.05) is 30.0 Å². The van der Waals surface area contributed by atoms with Gasteiger partial charge in [-0.15, -0.1) is 0 Å². The number of allylic oxidation sites excluding steroid dienone is 1. The first kappa shape index (κ1) is 40.2. The molecule has 1 saturated heterocycles. The average Bonchev–Trinajstić information content (AvgIpc) is 3.43. The van der Waals surface area contributed by atoms with Crippen LogP contribution in [0.1, 0.15) is 153 Å². The zero-order valence-electron chi connectivity index (χ0n) is 33.9. The van der Waals surface area contributed by atoms with E-state index < -0.39 is 11.4 Å². The Morgan fingerprint density at radius 2 is 1.54 bits per heavy atom. The van der Waals surface area contributed by atoms with Crippen molar-refractivity contribution in [3.8, 4) is 0 Å². The molecule has 0 aromatic heterocycles. The highest BCUT2D eigenvalue weighted by Gasteiger charge is 2.71. The SMILES string of the molecule is C=C(C)[C@@H]1CC[C@]2(CCN3CCSCC3)CC[C@]3(C)[C@H](CCC4[C@@]5(C)CCC(OC(=O)CC(C)(C)CC(=O)O)C(C)(C)C5CC[C@]43C)C12.CC. The number of fused-ring (bicyclic) bond motifs is 7. The van der Waals surface area contributed by atoms with Gasteiger partial charge in [-0.2, -0.15) is 11.8 Å². The normalized spacial score (nSPS) is 42.4. The Morgan fingerprint density at radius 1 is 0.860 bits per heavy atom. The molecule has 50 heavy (non-hydrogen) atoms.